The van der Waals surface area contributed by atoms with Crippen LogP contribution in [0.3, 0.4) is 0 Å². The zero-order valence-corrected chi connectivity index (χ0v) is 20.7. The summed E-state index contributed by atoms with van der Waals surface area (Å²) < 4.78 is 33.8. The molecule has 0 radical (unpaired) electrons. The lowest BCUT2D eigenvalue weighted by Gasteiger charge is -2.31. The Morgan fingerprint density at radius 3 is 2.15 bits per heavy atom. The molecule has 0 aliphatic rings. The standard InChI is InChI=1S/C24H34N4O5S/c1-27(2)18-23(29)26-15-14-20(33-3)16-22(24(25)30)28(17-19-10-6-4-7-11-19)34(31,32)21-12-8-5-9-13-21/h4-13,20,22H,14-18H2,1-3H3,(H2,25,30)(H,26,29). The number of benzene rings is 2. The van der Waals surface area contributed by atoms with Crippen molar-refractivity contribution in [3.8, 4) is 0 Å². The average molecular weight is 491 g/mol. The van der Waals surface area contributed by atoms with E-state index in [1.54, 1.807) is 61.5 Å². The molecule has 2 aromatic rings. The van der Waals surface area contributed by atoms with Crippen molar-refractivity contribution in [3.63, 3.8) is 0 Å². The lowest BCUT2D eigenvalue weighted by molar-refractivity contribution is -0.124. The van der Waals surface area contributed by atoms with E-state index in [-0.39, 0.29) is 30.3 Å². The van der Waals surface area contributed by atoms with E-state index in [1.165, 1.54) is 19.2 Å². The highest BCUT2D eigenvalue weighted by atomic mass is 32.2. The lowest BCUT2D eigenvalue weighted by Crippen LogP contribution is -2.49. The second-order valence-corrected chi connectivity index (χ2v) is 10.1. The third kappa shape index (κ3) is 8.21. The summed E-state index contributed by atoms with van der Waals surface area (Å²) in [5, 5.41) is 2.80. The van der Waals surface area contributed by atoms with Crippen LogP contribution >= 0.6 is 0 Å². The van der Waals surface area contributed by atoms with Crippen LogP contribution in [-0.4, -0.2) is 75.9 Å². The van der Waals surface area contributed by atoms with Crippen molar-refractivity contribution in [2.24, 2.45) is 5.73 Å². The number of nitrogens with one attached hydrogen (secondary N) is 1. The number of carbonyl (C=O) groups excluding carboxylic acids is 2. The number of rotatable bonds is 14. The third-order valence-electron chi connectivity index (χ3n) is 5.27. The fourth-order valence-electron chi connectivity index (χ4n) is 3.53. The maximum Gasteiger partial charge on any atom is 0.244 e. The Bertz CT molecular complexity index is 1020. The summed E-state index contributed by atoms with van der Waals surface area (Å²) >= 11 is 0. The molecule has 0 fully saturated rings. The van der Waals surface area contributed by atoms with E-state index < -0.39 is 28.1 Å². The van der Waals surface area contributed by atoms with Crippen molar-refractivity contribution in [3.05, 3.63) is 66.2 Å². The summed E-state index contributed by atoms with van der Waals surface area (Å²) in [6, 6.07) is 15.8. The first-order valence-corrected chi connectivity index (χ1v) is 12.4. The van der Waals surface area contributed by atoms with E-state index in [0.717, 1.165) is 9.87 Å². The highest BCUT2D eigenvalue weighted by Crippen LogP contribution is 2.24. The lowest BCUT2D eigenvalue weighted by atomic mass is 10.1. The minimum Gasteiger partial charge on any atom is -0.381 e. The number of sulfonamides is 1. The monoisotopic (exact) mass is 490 g/mol. The van der Waals surface area contributed by atoms with E-state index in [2.05, 4.69) is 5.32 Å². The van der Waals surface area contributed by atoms with Gasteiger partial charge < -0.3 is 20.7 Å². The van der Waals surface area contributed by atoms with Gasteiger partial charge in [0, 0.05) is 20.2 Å². The van der Waals surface area contributed by atoms with Gasteiger partial charge in [0.05, 0.1) is 17.5 Å². The quantitative estimate of drug-likeness (QED) is 0.410. The Morgan fingerprint density at radius 2 is 1.62 bits per heavy atom. The number of carbonyl (C=O) groups is 2. The fraction of sp³-hybridized carbons (Fsp3) is 0.417. The van der Waals surface area contributed by atoms with Crippen LogP contribution in [0.2, 0.25) is 0 Å². The predicted octanol–water partition coefficient (Wildman–Crippen LogP) is 1.20. The Morgan fingerprint density at radius 1 is 1.03 bits per heavy atom. The SMILES string of the molecule is COC(CCNC(=O)CN(C)C)CC(C(N)=O)N(Cc1ccccc1)S(=O)(=O)c1ccccc1. The summed E-state index contributed by atoms with van der Waals surface area (Å²) in [7, 11) is 1.03. The van der Waals surface area contributed by atoms with E-state index in [4.69, 9.17) is 10.5 Å². The average Bonchev–Trinajstić information content (AvgIpc) is 2.80. The van der Waals surface area contributed by atoms with E-state index in [1.807, 2.05) is 6.07 Å². The fourth-order valence-corrected chi connectivity index (χ4v) is 5.14. The number of amides is 2. The van der Waals surface area contributed by atoms with Gasteiger partial charge in [-0.05, 0) is 44.6 Å². The molecule has 0 aliphatic carbocycles. The molecule has 34 heavy (non-hydrogen) atoms. The minimum absolute atomic E-state index is 0.0261. The molecule has 0 saturated carbocycles. The van der Waals surface area contributed by atoms with Crippen LogP contribution in [0.25, 0.3) is 0 Å². The molecule has 9 nitrogen and oxygen atoms in total. The minimum atomic E-state index is -4.04. The smallest absolute Gasteiger partial charge is 0.244 e. The van der Waals surface area contributed by atoms with Crippen LogP contribution in [0.5, 0.6) is 0 Å². The first kappa shape index (κ1) is 27.5. The molecule has 0 saturated heterocycles. The summed E-state index contributed by atoms with van der Waals surface area (Å²) in [6.07, 6.45) is -0.0560. The topological polar surface area (TPSA) is 122 Å². The van der Waals surface area contributed by atoms with Crippen LogP contribution in [0.4, 0.5) is 0 Å². The number of ether oxygens (including phenoxy) is 1. The van der Waals surface area contributed by atoms with Crippen LogP contribution in [-0.2, 0) is 30.9 Å². The molecule has 2 atom stereocenters. The molecule has 2 amide bonds. The van der Waals surface area contributed by atoms with Gasteiger partial charge in [-0.3, -0.25) is 9.59 Å². The zero-order chi connectivity index (χ0) is 25.1. The highest BCUT2D eigenvalue weighted by molar-refractivity contribution is 7.89. The summed E-state index contributed by atoms with van der Waals surface area (Å²) in [5.41, 5.74) is 6.45. The van der Waals surface area contributed by atoms with Crippen LogP contribution in [0.15, 0.2) is 65.6 Å². The van der Waals surface area contributed by atoms with Crippen molar-refractivity contribution >= 4 is 21.8 Å². The zero-order valence-electron chi connectivity index (χ0n) is 19.9. The Balaban J connectivity index is 2.27. The summed E-state index contributed by atoms with van der Waals surface area (Å²) in [4.78, 5) is 26.3. The van der Waals surface area contributed by atoms with Gasteiger partial charge in [-0.15, -0.1) is 0 Å². The maximum absolute atomic E-state index is 13.6. The molecule has 0 heterocycles. The van der Waals surface area contributed by atoms with Gasteiger partial charge in [-0.1, -0.05) is 48.5 Å². The molecule has 0 spiro atoms. The van der Waals surface area contributed by atoms with Gasteiger partial charge >= 0.3 is 0 Å². The molecular formula is C24H34N4O5S. The highest BCUT2D eigenvalue weighted by Gasteiger charge is 2.36. The molecule has 2 unspecified atom stereocenters. The molecule has 0 aliphatic heterocycles. The number of primary amides is 1. The van der Waals surface area contributed by atoms with E-state index >= 15 is 0 Å². The number of hydrogen-bond acceptors (Lipinski definition) is 6. The van der Waals surface area contributed by atoms with Crippen molar-refractivity contribution in [1.82, 2.24) is 14.5 Å². The van der Waals surface area contributed by atoms with Crippen molar-refractivity contribution in [2.75, 3.05) is 34.3 Å². The molecule has 10 heteroatoms. The molecule has 2 rings (SSSR count). The summed E-state index contributed by atoms with van der Waals surface area (Å²) in [5.74, 6) is -0.905. The summed E-state index contributed by atoms with van der Waals surface area (Å²) in [6.45, 7) is 0.546. The molecule has 2 aromatic carbocycles. The third-order valence-corrected chi connectivity index (χ3v) is 7.14. The largest absolute Gasteiger partial charge is 0.381 e. The Kier molecular flexibility index (Phi) is 10.6. The molecular weight excluding hydrogens is 456 g/mol. The van der Waals surface area contributed by atoms with Crippen molar-refractivity contribution in [2.45, 2.75) is 36.4 Å². The van der Waals surface area contributed by atoms with Crippen molar-refractivity contribution in [1.29, 1.82) is 0 Å². The Hall–Kier alpha value is -2.79. The maximum atomic E-state index is 13.6. The first-order chi connectivity index (χ1) is 16.1. The molecule has 0 aromatic heterocycles. The first-order valence-electron chi connectivity index (χ1n) is 11.0. The van der Waals surface area contributed by atoms with Gasteiger partial charge in [0.2, 0.25) is 21.8 Å². The molecule has 3 N–H and O–H groups in total. The number of methoxy groups -OCH3 is 1. The van der Waals surface area contributed by atoms with Crippen LogP contribution in [0, 0.1) is 0 Å². The Labute approximate surface area is 201 Å². The number of nitrogens with two attached hydrogens (primary N) is 1. The second-order valence-electron chi connectivity index (χ2n) is 8.24. The number of nitrogens with zero attached hydrogens (tertiary/aromatic N) is 2. The second kappa shape index (κ2) is 13.2. The van der Waals surface area contributed by atoms with Crippen LogP contribution in [0.1, 0.15) is 18.4 Å². The van der Waals surface area contributed by atoms with Crippen LogP contribution < -0.4 is 11.1 Å². The van der Waals surface area contributed by atoms with Crippen molar-refractivity contribution < 1.29 is 22.7 Å². The van der Waals surface area contributed by atoms with Gasteiger partial charge in [-0.2, -0.15) is 4.31 Å². The van der Waals surface area contributed by atoms with Gasteiger partial charge in [0.1, 0.15) is 6.04 Å². The number of hydrogen-bond donors (Lipinski definition) is 2. The predicted molar refractivity (Wildman–Crippen MR) is 130 cm³/mol. The van der Waals surface area contributed by atoms with Gasteiger partial charge in [0.15, 0.2) is 0 Å². The molecule has 0 bridgehead atoms. The number of likely N-dealkylation sites (N-methyl/N-ethyl adjacent to an activating group) is 1. The normalized spacial score (nSPS) is 13.6. The van der Waals surface area contributed by atoms with Gasteiger partial charge in [0.25, 0.3) is 0 Å². The van der Waals surface area contributed by atoms with E-state index in [9.17, 15) is 18.0 Å². The van der Waals surface area contributed by atoms with Gasteiger partial charge in [-0.25, -0.2) is 8.42 Å². The molecule has 186 valence electrons. The van der Waals surface area contributed by atoms with E-state index in [0.29, 0.717) is 13.0 Å².